The van der Waals surface area contributed by atoms with Crippen LogP contribution in [0.4, 0.5) is 13.2 Å². The van der Waals surface area contributed by atoms with Crippen molar-refractivity contribution in [1.82, 2.24) is 15.3 Å². The van der Waals surface area contributed by atoms with Gasteiger partial charge in [0, 0.05) is 12.8 Å². The lowest BCUT2D eigenvalue weighted by atomic mass is 10.1. The van der Waals surface area contributed by atoms with Gasteiger partial charge in [-0.1, -0.05) is 0 Å². The molecule has 0 aliphatic carbocycles. The second-order valence-corrected chi connectivity index (χ2v) is 6.19. The fraction of sp³-hybridized carbons (Fsp3) is 0.583. The number of hydroxylamine groups is 1. The number of nitrogens with zero attached hydrogens (tertiary/aromatic N) is 2. The molecule has 0 saturated carbocycles. The summed E-state index contributed by atoms with van der Waals surface area (Å²) in [4.78, 5) is 5.28. The van der Waals surface area contributed by atoms with Gasteiger partial charge in [-0.25, -0.2) is 4.68 Å². The SMILES string of the molecule is COc1c(CSC2=CC(C)(CCl)ON2)c(C(F)(F)F)nn1C. The lowest BCUT2D eigenvalue weighted by molar-refractivity contribution is -0.141. The number of methoxy groups -OCH3 is 1. The normalized spacial score (nSPS) is 21.7. The molecule has 1 aromatic rings. The lowest BCUT2D eigenvalue weighted by Crippen LogP contribution is -2.27. The van der Waals surface area contributed by atoms with Crippen molar-refractivity contribution in [2.24, 2.45) is 7.05 Å². The minimum absolute atomic E-state index is 0.00956. The molecule has 1 aliphatic rings. The zero-order valence-corrected chi connectivity index (χ0v) is 13.7. The molecule has 1 atom stereocenters. The number of aryl methyl sites for hydroxylation is 1. The summed E-state index contributed by atoms with van der Waals surface area (Å²) in [6.07, 6.45) is -2.80. The summed E-state index contributed by atoms with van der Waals surface area (Å²) in [5.74, 6) is 0.347. The predicted molar refractivity (Wildman–Crippen MR) is 77.5 cm³/mol. The van der Waals surface area contributed by atoms with Crippen molar-refractivity contribution in [2.45, 2.75) is 24.5 Å². The minimum atomic E-state index is -4.54. The molecule has 0 bridgehead atoms. The maximum absolute atomic E-state index is 13.0. The summed E-state index contributed by atoms with van der Waals surface area (Å²) in [5, 5.41) is 4.10. The zero-order chi connectivity index (χ0) is 16.5. The van der Waals surface area contributed by atoms with E-state index in [-0.39, 0.29) is 23.1 Å². The standard InChI is InChI=1S/C12H15ClF3N3O2S/c1-11(6-13)4-8(18-21-11)22-5-7-9(12(14,15)16)17-19(2)10(7)20-3/h4,18H,5-6H2,1-3H3. The Bertz CT molecular complexity index is 591. The van der Waals surface area contributed by atoms with Crippen LogP contribution in [0.1, 0.15) is 18.2 Å². The average molecular weight is 358 g/mol. The highest BCUT2D eigenvalue weighted by atomic mass is 35.5. The quantitative estimate of drug-likeness (QED) is 0.821. The van der Waals surface area contributed by atoms with E-state index < -0.39 is 17.5 Å². The van der Waals surface area contributed by atoms with Gasteiger partial charge in [-0.3, -0.25) is 10.3 Å². The fourth-order valence-electron chi connectivity index (χ4n) is 1.96. The number of thioether (sulfide) groups is 1. The Morgan fingerprint density at radius 2 is 2.23 bits per heavy atom. The molecule has 2 heterocycles. The van der Waals surface area contributed by atoms with Gasteiger partial charge in [-0.15, -0.1) is 23.4 Å². The molecule has 2 rings (SSSR count). The first-order chi connectivity index (χ1) is 10.2. The second-order valence-electron chi connectivity index (χ2n) is 4.91. The Hall–Kier alpha value is -1.06. The third-order valence-electron chi connectivity index (χ3n) is 3.01. The van der Waals surface area contributed by atoms with Gasteiger partial charge >= 0.3 is 6.18 Å². The first-order valence-corrected chi connectivity index (χ1v) is 7.75. The molecule has 124 valence electrons. The monoisotopic (exact) mass is 357 g/mol. The average Bonchev–Trinajstić information content (AvgIpc) is 2.97. The highest BCUT2D eigenvalue weighted by Gasteiger charge is 2.39. The van der Waals surface area contributed by atoms with E-state index >= 15 is 0 Å². The lowest BCUT2D eigenvalue weighted by Gasteiger charge is -2.15. The van der Waals surface area contributed by atoms with Crippen LogP contribution in [0.2, 0.25) is 0 Å². The Balaban J connectivity index is 2.21. The topological polar surface area (TPSA) is 48.3 Å². The number of halogens is 4. The van der Waals surface area contributed by atoms with Crippen molar-refractivity contribution in [3.8, 4) is 5.88 Å². The number of hydrogen-bond acceptors (Lipinski definition) is 5. The highest BCUT2D eigenvalue weighted by Crippen LogP contribution is 2.39. The molecule has 0 saturated heterocycles. The first kappa shape index (κ1) is 17.3. The van der Waals surface area contributed by atoms with Crippen LogP contribution in [0.15, 0.2) is 11.1 Å². The van der Waals surface area contributed by atoms with Crippen LogP contribution in [0.3, 0.4) is 0 Å². The van der Waals surface area contributed by atoms with Gasteiger partial charge < -0.3 is 4.74 Å². The largest absolute Gasteiger partial charge is 0.481 e. The summed E-state index contributed by atoms with van der Waals surface area (Å²) < 4.78 is 45.2. The molecule has 22 heavy (non-hydrogen) atoms. The Morgan fingerprint density at radius 1 is 1.55 bits per heavy atom. The summed E-state index contributed by atoms with van der Waals surface area (Å²) in [6.45, 7) is 1.77. The number of ether oxygens (including phenoxy) is 1. The maximum Gasteiger partial charge on any atom is 0.435 e. The summed E-state index contributed by atoms with van der Waals surface area (Å²) in [6, 6.07) is 0. The Labute approximate surface area is 134 Å². The van der Waals surface area contributed by atoms with Gasteiger partial charge in [-0.05, 0) is 13.0 Å². The number of rotatable bonds is 5. The van der Waals surface area contributed by atoms with Crippen molar-refractivity contribution >= 4 is 23.4 Å². The third-order valence-corrected chi connectivity index (χ3v) is 4.48. The van der Waals surface area contributed by atoms with Crippen LogP contribution in [0.25, 0.3) is 0 Å². The van der Waals surface area contributed by atoms with Gasteiger partial charge in [0.2, 0.25) is 5.88 Å². The van der Waals surface area contributed by atoms with Crippen LogP contribution in [0, 0.1) is 0 Å². The number of hydrogen-bond donors (Lipinski definition) is 1. The van der Waals surface area contributed by atoms with Crippen molar-refractivity contribution in [1.29, 1.82) is 0 Å². The van der Waals surface area contributed by atoms with E-state index in [0.29, 0.717) is 5.03 Å². The number of alkyl halides is 4. The van der Waals surface area contributed by atoms with Gasteiger partial charge in [0.1, 0.15) is 5.60 Å². The molecule has 0 radical (unpaired) electrons. The van der Waals surface area contributed by atoms with Gasteiger partial charge in [0.05, 0.1) is 23.6 Å². The zero-order valence-electron chi connectivity index (χ0n) is 12.1. The summed E-state index contributed by atoms with van der Waals surface area (Å²) in [5.41, 5.74) is 1.04. The highest BCUT2D eigenvalue weighted by molar-refractivity contribution is 8.02. The first-order valence-electron chi connectivity index (χ1n) is 6.23. The molecular formula is C12H15ClF3N3O2S. The third kappa shape index (κ3) is 3.47. The van der Waals surface area contributed by atoms with Gasteiger partial charge in [-0.2, -0.15) is 18.3 Å². The molecule has 1 N–H and O–H groups in total. The smallest absolute Gasteiger partial charge is 0.435 e. The van der Waals surface area contributed by atoms with E-state index in [0.717, 1.165) is 16.4 Å². The van der Waals surface area contributed by atoms with Crippen molar-refractivity contribution in [3.05, 3.63) is 22.4 Å². The van der Waals surface area contributed by atoms with E-state index in [9.17, 15) is 13.2 Å². The van der Waals surface area contributed by atoms with E-state index in [4.69, 9.17) is 21.2 Å². The molecule has 0 spiro atoms. The van der Waals surface area contributed by atoms with Crippen molar-refractivity contribution in [3.63, 3.8) is 0 Å². The van der Waals surface area contributed by atoms with E-state index in [1.165, 1.54) is 14.2 Å². The molecule has 1 unspecified atom stereocenters. The molecule has 0 amide bonds. The molecule has 1 aromatic heterocycles. The minimum Gasteiger partial charge on any atom is -0.481 e. The molecule has 0 aromatic carbocycles. The molecular weight excluding hydrogens is 343 g/mol. The molecule has 5 nitrogen and oxygen atoms in total. The van der Waals surface area contributed by atoms with Crippen molar-refractivity contribution in [2.75, 3.05) is 13.0 Å². The van der Waals surface area contributed by atoms with E-state index in [2.05, 4.69) is 10.6 Å². The van der Waals surface area contributed by atoms with Gasteiger partial charge in [0.25, 0.3) is 0 Å². The fourth-order valence-corrected chi connectivity index (χ4v) is 3.08. The summed E-state index contributed by atoms with van der Waals surface area (Å²) >= 11 is 6.93. The second kappa shape index (κ2) is 6.21. The molecule has 10 heteroatoms. The Morgan fingerprint density at radius 3 is 2.73 bits per heavy atom. The summed E-state index contributed by atoms with van der Waals surface area (Å²) in [7, 11) is 2.72. The van der Waals surface area contributed by atoms with Gasteiger partial charge in [0.15, 0.2) is 5.69 Å². The maximum atomic E-state index is 13.0. The number of nitrogens with one attached hydrogen (secondary N) is 1. The molecule has 1 aliphatic heterocycles. The van der Waals surface area contributed by atoms with Crippen LogP contribution in [0.5, 0.6) is 5.88 Å². The van der Waals surface area contributed by atoms with Crippen LogP contribution >= 0.6 is 23.4 Å². The van der Waals surface area contributed by atoms with E-state index in [1.807, 2.05) is 0 Å². The predicted octanol–water partition coefficient (Wildman–Crippen LogP) is 3.05. The Kier molecular flexibility index (Phi) is 4.88. The van der Waals surface area contributed by atoms with Crippen LogP contribution in [-0.4, -0.2) is 28.4 Å². The van der Waals surface area contributed by atoms with Crippen LogP contribution in [-0.2, 0) is 23.8 Å². The molecule has 0 fully saturated rings. The van der Waals surface area contributed by atoms with Crippen molar-refractivity contribution < 1.29 is 22.7 Å². The number of aromatic nitrogens is 2. The van der Waals surface area contributed by atoms with E-state index in [1.54, 1.807) is 13.0 Å². The van der Waals surface area contributed by atoms with Crippen LogP contribution < -0.4 is 10.2 Å².